The number of anilines is 1. The van der Waals surface area contributed by atoms with E-state index in [9.17, 15) is 14.4 Å². The molecule has 2 bridgehead atoms. The number of hydrogen-bond donors (Lipinski definition) is 1. The van der Waals surface area contributed by atoms with Crippen molar-refractivity contribution >= 4 is 35.1 Å². The van der Waals surface area contributed by atoms with Gasteiger partial charge in [0.2, 0.25) is 5.91 Å². The molecule has 0 aromatic heterocycles. The van der Waals surface area contributed by atoms with Crippen molar-refractivity contribution in [3.8, 4) is 0 Å². The van der Waals surface area contributed by atoms with Crippen molar-refractivity contribution in [3.05, 3.63) is 41.9 Å². The van der Waals surface area contributed by atoms with Gasteiger partial charge in [-0.1, -0.05) is 30.5 Å². The molecule has 37 heavy (non-hydrogen) atoms. The molecular weight excluding hydrogens is 496 g/mol. The average molecular weight is 533 g/mol. The van der Waals surface area contributed by atoms with Gasteiger partial charge in [0, 0.05) is 30.4 Å². The normalized spacial score (nSPS) is 29.9. The van der Waals surface area contributed by atoms with Gasteiger partial charge in [0.1, 0.15) is 17.6 Å². The largest absolute Gasteiger partial charge is 0.466 e. The first-order valence-electron chi connectivity index (χ1n) is 13.2. The van der Waals surface area contributed by atoms with Crippen LogP contribution in [0.3, 0.4) is 0 Å². The molecule has 1 spiro atoms. The number of amides is 2. The van der Waals surface area contributed by atoms with Crippen LogP contribution in [0.4, 0.5) is 5.69 Å². The first kappa shape index (κ1) is 27.6. The fourth-order valence-corrected chi connectivity index (χ4v) is 6.63. The smallest absolute Gasteiger partial charge is 0.312 e. The van der Waals surface area contributed by atoms with Crippen molar-refractivity contribution in [2.45, 2.75) is 69.6 Å². The van der Waals surface area contributed by atoms with E-state index in [1.54, 1.807) is 47.1 Å². The average Bonchev–Trinajstić information content (AvgIpc) is 3.43. The Balaban J connectivity index is 1.72. The van der Waals surface area contributed by atoms with Crippen LogP contribution >= 0.6 is 11.6 Å². The molecule has 3 heterocycles. The summed E-state index contributed by atoms with van der Waals surface area (Å²) in [7, 11) is 0. The SMILES string of the molecule is C=CCN(C(=O)C1N(CCCCCCO)C(=O)[C@@H]2[C@@H](C(=O)OCC)[C@@]3(C)CCC12O3)c1ccc(Cl)cc1. The third-order valence-electron chi connectivity index (χ3n) is 8.07. The number of fused-ring (bicyclic) bond motifs is 1. The van der Waals surface area contributed by atoms with Gasteiger partial charge in [-0.15, -0.1) is 6.58 Å². The molecule has 4 rings (SSSR count). The quantitative estimate of drug-likeness (QED) is 0.250. The highest BCUT2D eigenvalue weighted by Crippen LogP contribution is 2.63. The fraction of sp³-hybridized carbons (Fsp3) is 0.607. The number of benzene rings is 1. The lowest BCUT2D eigenvalue weighted by Gasteiger charge is -2.37. The summed E-state index contributed by atoms with van der Waals surface area (Å²) in [5.74, 6) is -2.46. The lowest BCUT2D eigenvalue weighted by atomic mass is 9.66. The summed E-state index contributed by atoms with van der Waals surface area (Å²) in [4.78, 5) is 44.7. The molecule has 3 aliphatic heterocycles. The maximum atomic E-state index is 14.4. The summed E-state index contributed by atoms with van der Waals surface area (Å²) in [5, 5.41) is 9.66. The molecule has 3 saturated heterocycles. The number of carbonyl (C=O) groups excluding carboxylic acids is 3. The Hall–Kier alpha value is -2.42. The van der Waals surface area contributed by atoms with Crippen LogP contribution in [0.1, 0.15) is 52.4 Å². The Bertz CT molecular complexity index is 1030. The molecule has 2 unspecified atom stereocenters. The summed E-state index contributed by atoms with van der Waals surface area (Å²) >= 11 is 6.09. The van der Waals surface area contributed by atoms with E-state index in [-0.39, 0.29) is 31.6 Å². The van der Waals surface area contributed by atoms with Gasteiger partial charge in [0.05, 0.1) is 18.1 Å². The number of halogens is 1. The Morgan fingerprint density at radius 3 is 2.59 bits per heavy atom. The molecule has 9 heteroatoms. The van der Waals surface area contributed by atoms with Gasteiger partial charge in [-0.25, -0.2) is 0 Å². The number of rotatable bonds is 12. The van der Waals surface area contributed by atoms with Gasteiger partial charge < -0.3 is 24.4 Å². The second kappa shape index (κ2) is 11.1. The fourth-order valence-electron chi connectivity index (χ4n) is 6.50. The van der Waals surface area contributed by atoms with E-state index >= 15 is 0 Å². The Labute approximate surface area is 223 Å². The van der Waals surface area contributed by atoms with Crippen LogP contribution in [0.25, 0.3) is 0 Å². The van der Waals surface area contributed by atoms with Crippen LogP contribution in [-0.2, 0) is 23.9 Å². The van der Waals surface area contributed by atoms with E-state index in [1.807, 2.05) is 6.92 Å². The predicted molar refractivity (Wildman–Crippen MR) is 140 cm³/mol. The molecule has 8 nitrogen and oxygen atoms in total. The summed E-state index contributed by atoms with van der Waals surface area (Å²) in [6, 6.07) is 6.10. The van der Waals surface area contributed by atoms with Crippen LogP contribution in [-0.4, -0.2) is 71.3 Å². The second-order valence-electron chi connectivity index (χ2n) is 10.4. The van der Waals surface area contributed by atoms with Gasteiger partial charge in [0.25, 0.3) is 5.91 Å². The number of esters is 1. The highest BCUT2D eigenvalue weighted by Gasteiger charge is 2.78. The Morgan fingerprint density at radius 1 is 1.24 bits per heavy atom. The standard InChI is InChI=1S/C28H37ClN2O6/c1-4-16-30(20-12-10-19(29)11-13-20)25(34)23-28-15-14-27(3,37-28)22(26(35)36-5-2)21(28)24(33)31(23)17-8-6-7-9-18-32/h4,10-13,21-23,32H,1,5-9,14-18H2,2-3H3/t21-,22-,23?,27+,28?/m0/s1. The van der Waals surface area contributed by atoms with Gasteiger partial charge in [-0.05, 0) is 63.8 Å². The van der Waals surface area contributed by atoms with Crippen molar-refractivity contribution in [2.75, 3.05) is 31.2 Å². The van der Waals surface area contributed by atoms with Crippen molar-refractivity contribution in [2.24, 2.45) is 11.8 Å². The lowest BCUT2D eigenvalue weighted by molar-refractivity contribution is -0.159. The minimum atomic E-state index is -1.10. The third-order valence-corrected chi connectivity index (χ3v) is 8.33. The Kier molecular flexibility index (Phi) is 8.31. The van der Waals surface area contributed by atoms with Crippen LogP contribution < -0.4 is 4.90 Å². The maximum Gasteiger partial charge on any atom is 0.312 e. The lowest BCUT2D eigenvalue weighted by Crippen LogP contribution is -2.56. The van der Waals surface area contributed by atoms with Gasteiger partial charge >= 0.3 is 5.97 Å². The number of ether oxygens (including phenoxy) is 2. The van der Waals surface area contributed by atoms with E-state index in [1.165, 1.54) is 0 Å². The van der Waals surface area contributed by atoms with Crippen molar-refractivity contribution in [3.63, 3.8) is 0 Å². The first-order valence-corrected chi connectivity index (χ1v) is 13.6. The number of carbonyl (C=O) groups is 3. The van der Waals surface area contributed by atoms with E-state index in [4.69, 9.17) is 26.2 Å². The monoisotopic (exact) mass is 532 g/mol. The van der Waals surface area contributed by atoms with E-state index < -0.39 is 35.0 Å². The highest BCUT2D eigenvalue weighted by molar-refractivity contribution is 6.30. The second-order valence-corrected chi connectivity index (χ2v) is 10.8. The van der Waals surface area contributed by atoms with Crippen molar-refractivity contribution in [1.82, 2.24) is 4.90 Å². The molecule has 5 atom stereocenters. The highest BCUT2D eigenvalue weighted by atomic mass is 35.5. The first-order chi connectivity index (χ1) is 17.7. The van der Waals surface area contributed by atoms with Crippen LogP contribution in [0, 0.1) is 11.8 Å². The molecular formula is C28H37ClN2O6. The molecule has 1 aromatic carbocycles. The molecule has 0 saturated carbocycles. The zero-order valence-electron chi connectivity index (χ0n) is 21.7. The number of unbranched alkanes of at least 4 members (excludes halogenated alkanes) is 3. The van der Waals surface area contributed by atoms with Gasteiger partial charge in [0.15, 0.2) is 0 Å². The number of aliphatic hydroxyl groups excluding tert-OH is 1. The minimum Gasteiger partial charge on any atom is -0.466 e. The minimum absolute atomic E-state index is 0.125. The maximum absolute atomic E-state index is 14.4. The molecule has 0 radical (unpaired) electrons. The topological polar surface area (TPSA) is 96.4 Å². The van der Waals surface area contributed by atoms with Crippen LogP contribution in [0.5, 0.6) is 0 Å². The number of nitrogens with zero attached hydrogens (tertiary/aromatic N) is 2. The molecule has 2 amide bonds. The molecule has 0 aliphatic carbocycles. The number of likely N-dealkylation sites (tertiary alicyclic amines) is 1. The zero-order chi connectivity index (χ0) is 26.8. The van der Waals surface area contributed by atoms with E-state index in [0.29, 0.717) is 42.9 Å². The number of hydrogen-bond acceptors (Lipinski definition) is 6. The molecule has 3 aliphatic rings. The zero-order valence-corrected chi connectivity index (χ0v) is 22.4. The van der Waals surface area contributed by atoms with Crippen LogP contribution in [0.15, 0.2) is 36.9 Å². The summed E-state index contributed by atoms with van der Waals surface area (Å²) < 4.78 is 12.0. The van der Waals surface area contributed by atoms with E-state index in [2.05, 4.69) is 6.58 Å². The molecule has 3 fully saturated rings. The summed E-state index contributed by atoms with van der Waals surface area (Å²) in [5.41, 5.74) is -1.32. The van der Waals surface area contributed by atoms with Crippen molar-refractivity contribution < 1.29 is 29.0 Å². The molecule has 202 valence electrons. The van der Waals surface area contributed by atoms with Crippen molar-refractivity contribution in [1.29, 1.82) is 0 Å². The molecule has 1 N–H and O–H groups in total. The molecule has 1 aromatic rings. The predicted octanol–water partition coefficient (Wildman–Crippen LogP) is 3.74. The van der Waals surface area contributed by atoms with E-state index in [0.717, 1.165) is 12.8 Å². The third kappa shape index (κ3) is 4.79. The van der Waals surface area contributed by atoms with Gasteiger partial charge in [-0.3, -0.25) is 14.4 Å². The Morgan fingerprint density at radius 2 is 1.95 bits per heavy atom. The number of aliphatic hydroxyl groups is 1. The van der Waals surface area contributed by atoms with Crippen LogP contribution in [0.2, 0.25) is 5.02 Å². The summed E-state index contributed by atoms with van der Waals surface area (Å²) in [6.07, 6.45) is 5.75. The van der Waals surface area contributed by atoms with Gasteiger partial charge in [-0.2, -0.15) is 0 Å². The summed E-state index contributed by atoms with van der Waals surface area (Å²) in [6.45, 7) is 8.38.